The Morgan fingerprint density at radius 2 is 1.76 bits per heavy atom. The number of hydrogen-bond donors (Lipinski definition) is 0. The molecular formula is C17H13BrCl3N3O. The molecule has 8 heteroatoms. The molecule has 0 atom stereocenters. The minimum atomic E-state index is -0.518. The second kappa shape index (κ2) is 6.88. The first-order valence-electron chi connectivity index (χ1n) is 7.45. The summed E-state index contributed by atoms with van der Waals surface area (Å²) in [5.41, 5.74) is 2.41. The van der Waals surface area contributed by atoms with Crippen LogP contribution in [0.2, 0.25) is 15.3 Å². The van der Waals surface area contributed by atoms with Crippen molar-refractivity contribution in [2.75, 3.05) is 0 Å². The monoisotopic (exact) mass is 459 g/mol. The molecule has 0 saturated heterocycles. The number of pyridine rings is 1. The highest BCUT2D eigenvalue weighted by atomic mass is 79.9. The van der Waals surface area contributed by atoms with E-state index in [9.17, 15) is 4.79 Å². The van der Waals surface area contributed by atoms with Crippen molar-refractivity contribution in [3.8, 4) is 5.69 Å². The summed E-state index contributed by atoms with van der Waals surface area (Å²) in [5, 5.41) is 0.862. The maximum Gasteiger partial charge on any atom is 0.355 e. The van der Waals surface area contributed by atoms with Crippen molar-refractivity contribution < 1.29 is 0 Å². The fourth-order valence-electron chi connectivity index (χ4n) is 2.77. The van der Waals surface area contributed by atoms with E-state index in [0.717, 1.165) is 21.3 Å². The first kappa shape index (κ1) is 18.6. The topological polar surface area (TPSA) is 47.8 Å². The standard InChI is InChI=1S/C17H13BrCl3N3O/c1-7(2)10-5-9(18)4-8(3)13(10)24-16-11(14(20)23-17(24)25)6-12(19)15(21)22-16/h4-7H,1-3H3. The summed E-state index contributed by atoms with van der Waals surface area (Å²) in [6.07, 6.45) is 0. The van der Waals surface area contributed by atoms with Crippen LogP contribution in [-0.4, -0.2) is 14.5 Å². The summed E-state index contributed by atoms with van der Waals surface area (Å²) in [4.78, 5) is 20.9. The molecule has 0 unspecified atom stereocenters. The van der Waals surface area contributed by atoms with Gasteiger partial charge in [0, 0.05) is 4.47 Å². The van der Waals surface area contributed by atoms with Gasteiger partial charge in [-0.15, -0.1) is 0 Å². The molecule has 130 valence electrons. The zero-order valence-corrected chi connectivity index (χ0v) is 17.4. The molecule has 1 aromatic carbocycles. The minimum absolute atomic E-state index is 0.0446. The normalized spacial score (nSPS) is 11.5. The lowest BCUT2D eigenvalue weighted by Crippen LogP contribution is -2.25. The number of nitrogens with zero attached hydrogens (tertiary/aromatic N) is 3. The second-order valence-corrected chi connectivity index (χ2v) is 8.01. The highest BCUT2D eigenvalue weighted by molar-refractivity contribution is 9.10. The molecule has 0 aliphatic heterocycles. The van der Waals surface area contributed by atoms with Crippen LogP contribution in [-0.2, 0) is 0 Å². The number of aryl methyl sites for hydroxylation is 1. The molecule has 0 N–H and O–H groups in total. The number of benzene rings is 1. The van der Waals surface area contributed by atoms with Crippen LogP contribution < -0.4 is 5.69 Å². The van der Waals surface area contributed by atoms with E-state index >= 15 is 0 Å². The predicted octanol–water partition coefficient (Wildman–Crippen LogP) is 5.94. The first-order valence-corrected chi connectivity index (χ1v) is 9.38. The Bertz CT molecular complexity index is 1060. The van der Waals surface area contributed by atoms with Crippen molar-refractivity contribution in [1.29, 1.82) is 0 Å². The average molecular weight is 462 g/mol. The lowest BCUT2D eigenvalue weighted by Gasteiger charge is -2.19. The number of hydrogen-bond acceptors (Lipinski definition) is 3. The molecule has 3 rings (SSSR count). The zero-order valence-electron chi connectivity index (χ0n) is 13.6. The zero-order chi connectivity index (χ0) is 18.5. The van der Waals surface area contributed by atoms with Crippen molar-refractivity contribution in [1.82, 2.24) is 14.5 Å². The van der Waals surface area contributed by atoms with Gasteiger partial charge in [0.15, 0.2) is 5.65 Å². The molecule has 0 amide bonds. The van der Waals surface area contributed by atoms with Gasteiger partial charge in [0.25, 0.3) is 0 Å². The van der Waals surface area contributed by atoms with Gasteiger partial charge in [0.2, 0.25) is 0 Å². The summed E-state index contributed by atoms with van der Waals surface area (Å²) in [7, 11) is 0. The highest BCUT2D eigenvalue weighted by Gasteiger charge is 2.20. The van der Waals surface area contributed by atoms with E-state index in [2.05, 4.69) is 39.7 Å². The van der Waals surface area contributed by atoms with Crippen LogP contribution in [0.15, 0.2) is 27.5 Å². The average Bonchev–Trinajstić information content (AvgIpc) is 2.50. The number of fused-ring (bicyclic) bond motifs is 1. The Morgan fingerprint density at radius 1 is 1.08 bits per heavy atom. The van der Waals surface area contributed by atoms with Crippen molar-refractivity contribution in [3.05, 3.63) is 59.6 Å². The van der Waals surface area contributed by atoms with E-state index in [1.54, 1.807) is 6.07 Å². The minimum Gasteiger partial charge on any atom is -0.245 e. The molecule has 0 fully saturated rings. The Kier molecular flexibility index (Phi) is 5.13. The SMILES string of the molecule is Cc1cc(Br)cc(C(C)C)c1-n1c(=O)nc(Cl)c2cc(Cl)c(Cl)nc21. The molecule has 0 aliphatic carbocycles. The summed E-state index contributed by atoms with van der Waals surface area (Å²) in [5.74, 6) is 0.173. The van der Waals surface area contributed by atoms with Crippen molar-refractivity contribution in [2.24, 2.45) is 0 Å². The quantitative estimate of drug-likeness (QED) is 0.351. The lowest BCUT2D eigenvalue weighted by molar-refractivity contribution is 0.828. The van der Waals surface area contributed by atoms with Crippen LogP contribution in [0, 0.1) is 6.92 Å². The maximum absolute atomic E-state index is 12.7. The van der Waals surface area contributed by atoms with E-state index in [1.807, 2.05) is 19.1 Å². The fourth-order valence-corrected chi connectivity index (χ4v) is 3.86. The number of aromatic nitrogens is 3. The van der Waals surface area contributed by atoms with Gasteiger partial charge < -0.3 is 0 Å². The Hall–Kier alpha value is -1.14. The van der Waals surface area contributed by atoms with E-state index in [4.69, 9.17) is 34.8 Å². The summed E-state index contributed by atoms with van der Waals surface area (Å²) < 4.78 is 2.38. The molecule has 0 saturated carbocycles. The van der Waals surface area contributed by atoms with Crippen LogP contribution in [0.25, 0.3) is 16.7 Å². The first-order chi connectivity index (χ1) is 11.7. The molecule has 4 nitrogen and oxygen atoms in total. The van der Waals surface area contributed by atoms with Crippen LogP contribution in [0.5, 0.6) is 0 Å². The third-order valence-electron chi connectivity index (χ3n) is 3.87. The Labute approximate surface area is 167 Å². The molecule has 25 heavy (non-hydrogen) atoms. The van der Waals surface area contributed by atoms with E-state index in [0.29, 0.717) is 11.0 Å². The van der Waals surface area contributed by atoms with Gasteiger partial charge >= 0.3 is 5.69 Å². The van der Waals surface area contributed by atoms with Gasteiger partial charge in [-0.25, -0.2) is 14.3 Å². The maximum atomic E-state index is 12.7. The molecule has 0 aliphatic rings. The van der Waals surface area contributed by atoms with Crippen molar-refractivity contribution in [2.45, 2.75) is 26.7 Å². The second-order valence-electron chi connectivity index (χ2n) is 5.97. The fraction of sp³-hybridized carbons (Fsp3) is 0.235. The van der Waals surface area contributed by atoms with Crippen LogP contribution >= 0.6 is 50.7 Å². The lowest BCUT2D eigenvalue weighted by atomic mass is 9.98. The Morgan fingerprint density at radius 3 is 2.40 bits per heavy atom. The van der Waals surface area contributed by atoms with Gasteiger partial charge in [-0.1, -0.05) is 64.6 Å². The van der Waals surface area contributed by atoms with Gasteiger partial charge in [-0.05, 0) is 42.2 Å². The molecule has 2 heterocycles. The van der Waals surface area contributed by atoms with Crippen LogP contribution in [0.4, 0.5) is 0 Å². The molecular weight excluding hydrogens is 448 g/mol. The smallest absolute Gasteiger partial charge is 0.245 e. The van der Waals surface area contributed by atoms with E-state index in [-0.39, 0.29) is 21.2 Å². The summed E-state index contributed by atoms with van der Waals surface area (Å²) in [6, 6.07) is 5.49. The third-order valence-corrected chi connectivity index (χ3v) is 5.29. The molecule has 0 bridgehead atoms. The number of rotatable bonds is 2. The van der Waals surface area contributed by atoms with Crippen molar-refractivity contribution in [3.63, 3.8) is 0 Å². The largest absolute Gasteiger partial charge is 0.355 e. The molecule has 0 radical (unpaired) electrons. The van der Waals surface area contributed by atoms with Crippen LogP contribution in [0.3, 0.4) is 0 Å². The summed E-state index contributed by atoms with van der Waals surface area (Å²) >= 11 is 21.8. The predicted molar refractivity (Wildman–Crippen MR) is 107 cm³/mol. The molecule has 2 aromatic heterocycles. The van der Waals surface area contributed by atoms with E-state index in [1.165, 1.54) is 4.57 Å². The Balaban J connectivity index is 2.54. The van der Waals surface area contributed by atoms with Gasteiger partial charge in [-0.2, -0.15) is 4.98 Å². The van der Waals surface area contributed by atoms with Gasteiger partial charge in [-0.3, -0.25) is 0 Å². The number of halogens is 4. The van der Waals surface area contributed by atoms with Gasteiger partial charge in [0.1, 0.15) is 10.3 Å². The van der Waals surface area contributed by atoms with Gasteiger partial charge in [0.05, 0.1) is 16.1 Å². The molecule has 3 aromatic rings. The summed E-state index contributed by atoms with van der Waals surface area (Å²) in [6.45, 7) is 6.04. The highest BCUT2D eigenvalue weighted by Crippen LogP contribution is 2.33. The molecule has 0 spiro atoms. The van der Waals surface area contributed by atoms with Crippen LogP contribution in [0.1, 0.15) is 30.9 Å². The van der Waals surface area contributed by atoms with Crippen molar-refractivity contribution >= 4 is 61.8 Å². The third kappa shape index (κ3) is 3.31. The van der Waals surface area contributed by atoms with E-state index < -0.39 is 5.69 Å².